The van der Waals surface area contributed by atoms with Crippen molar-refractivity contribution in [3.05, 3.63) is 72.3 Å². The van der Waals surface area contributed by atoms with Gasteiger partial charge in [-0.05, 0) is 23.3 Å². The fraction of sp³-hybridized carbons (Fsp3) is 0.0588. The smallest absolute Gasteiger partial charge is 0.405 e. The van der Waals surface area contributed by atoms with Gasteiger partial charge in [-0.25, -0.2) is 4.79 Å². The van der Waals surface area contributed by atoms with E-state index in [-0.39, 0.29) is 0 Å². The molecule has 2 aromatic rings. The lowest BCUT2D eigenvalue weighted by Crippen LogP contribution is -2.36. The van der Waals surface area contributed by atoms with Gasteiger partial charge in [0, 0.05) is 5.69 Å². The fourth-order valence-electron chi connectivity index (χ4n) is 1.99. The Labute approximate surface area is 128 Å². The van der Waals surface area contributed by atoms with Crippen LogP contribution >= 0.6 is 0 Å². The van der Waals surface area contributed by atoms with Crippen LogP contribution in [0, 0.1) is 0 Å². The molecule has 2 amide bonds. The first kappa shape index (κ1) is 15.3. The molecule has 0 aliphatic heterocycles. The number of carbonyl (C=O) groups is 2. The van der Waals surface area contributed by atoms with Crippen molar-refractivity contribution in [2.75, 3.05) is 5.32 Å². The van der Waals surface area contributed by atoms with Crippen molar-refractivity contribution < 1.29 is 14.7 Å². The molecular weight excluding hydrogens is 280 g/mol. The van der Waals surface area contributed by atoms with E-state index >= 15 is 0 Å². The molecule has 0 heterocycles. The van der Waals surface area contributed by atoms with Crippen molar-refractivity contribution in [3.63, 3.8) is 0 Å². The Hall–Kier alpha value is -3.08. The van der Waals surface area contributed by atoms with E-state index in [1.807, 2.05) is 12.1 Å². The summed E-state index contributed by atoms with van der Waals surface area (Å²) in [6.45, 7) is 3.66. The van der Waals surface area contributed by atoms with Gasteiger partial charge in [-0.15, -0.1) is 0 Å². The minimum Gasteiger partial charge on any atom is -0.465 e. The number of carbonyl (C=O) groups excluding carboxylic acids is 1. The third kappa shape index (κ3) is 3.96. The number of carboxylic acid groups (broad SMARTS) is 1. The summed E-state index contributed by atoms with van der Waals surface area (Å²) in [5.74, 6) is -0.444. The number of hydrogen-bond acceptors (Lipinski definition) is 2. The topological polar surface area (TPSA) is 78.4 Å². The van der Waals surface area contributed by atoms with Crippen molar-refractivity contribution in [1.82, 2.24) is 5.32 Å². The normalized spacial score (nSPS) is 11.3. The highest BCUT2D eigenvalue weighted by Gasteiger charge is 2.22. The van der Waals surface area contributed by atoms with Gasteiger partial charge >= 0.3 is 6.09 Å². The molecule has 5 nitrogen and oxygen atoms in total. The minimum atomic E-state index is -1.26. The Morgan fingerprint density at radius 1 is 1.05 bits per heavy atom. The van der Waals surface area contributed by atoms with Gasteiger partial charge in [-0.2, -0.15) is 0 Å². The maximum Gasteiger partial charge on any atom is 0.405 e. The Morgan fingerprint density at radius 2 is 1.68 bits per heavy atom. The van der Waals surface area contributed by atoms with Crippen LogP contribution in [0.25, 0.3) is 6.08 Å². The summed E-state index contributed by atoms with van der Waals surface area (Å²) in [7, 11) is 0. The molecule has 112 valence electrons. The van der Waals surface area contributed by atoms with Crippen LogP contribution in [0.5, 0.6) is 0 Å². The molecule has 0 fully saturated rings. The molecule has 3 N–H and O–H groups in total. The van der Waals surface area contributed by atoms with E-state index in [0.717, 1.165) is 5.56 Å². The summed E-state index contributed by atoms with van der Waals surface area (Å²) < 4.78 is 0. The zero-order valence-corrected chi connectivity index (χ0v) is 11.8. The van der Waals surface area contributed by atoms with Crippen molar-refractivity contribution in [3.8, 4) is 0 Å². The molecule has 0 aliphatic carbocycles. The monoisotopic (exact) mass is 296 g/mol. The lowest BCUT2D eigenvalue weighted by atomic mass is 10.1. The molecule has 0 radical (unpaired) electrons. The van der Waals surface area contributed by atoms with E-state index in [1.165, 1.54) is 0 Å². The molecule has 5 heteroatoms. The van der Waals surface area contributed by atoms with Gasteiger partial charge < -0.3 is 15.7 Å². The van der Waals surface area contributed by atoms with E-state index in [9.17, 15) is 9.59 Å². The first-order chi connectivity index (χ1) is 10.6. The zero-order chi connectivity index (χ0) is 15.9. The van der Waals surface area contributed by atoms with Crippen molar-refractivity contribution in [2.45, 2.75) is 6.04 Å². The average molecular weight is 296 g/mol. The van der Waals surface area contributed by atoms with Crippen LogP contribution in [0.1, 0.15) is 17.2 Å². The third-order valence-electron chi connectivity index (χ3n) is 3.08. The van der Waals surface area contributed by atoms with Gasteiger partial charge in [0.2, 0.25) is 0 Å². The number of hydrogen-bond donors (Lipinski definition) is 3. The number of anilines is 1. The summed E-state index contributed by atoms with van der Waals surface area (Å²) in [5.41, 5.74) is 2.09. The quantitative estimate of drug-likeness (QED) is 0.792. The Balaban J connectivity index is 2.17. The van der Waals surface area contributed by atoms with Gasteiger partial charge in [0.25, 0.3) is 5.91 Å². The minimum absolute atomic E-state index is 0.444. The van der Waals surface area contributed by atoms with Crippen LogP contribution in [0.2, 0.25) is 0 Å². The van der Waals surface area contributed by atoms with Crippen molar-refractivity contribution >= 4 is 23.8 Å². The average Bonchev–Trinajstić information content (AvgIpc) is 2.54. The number of nitrogens with one attached hydrogen (secondary N) is 2. The summed E-state index contributed by atoms with van der Waals surface area (Å²) in [5, 5.41) is 13.9. The number of rotatable bonds is 5. The molecule has 0 spiro atoms. The molecule has 0 saturated heterocycles. The SMILES string of the molecule is C=Cc1ccc(NC(=O)C(NC(=O)O)c2ccccc2)cc1. The standard InChI is InChI=1S/C17H16N2O3/c1-2-12-8-10-14(11-9-12)18-16(20)15(19-17(21)22)13-6-4-3-5-7-13/h2-11,15,19H,1H2,(H,18,20)(H,21,22). The van der Waals surface area contributed by atoms with E-state index < -0.39 is 18.0 Å². The summed E-state index contributed by atoms with van der Waals surface area (Å²) in [6.07, 6.45) is 0.440. The third-order valence-corrected chi connectivity index (χ3v) is 3.08. The molecule has 0 bridgehead atoms. The van der Waals surface area contributed by atoms with E-state index in [0.29, 0.717) is 11.3 Å². The lowest BCUT2D eigenvalue weighted by Gasteiger charge is -2.17. The van der Waals surface area contributed by atoms with Crippen LogP contribution in [0.3, 0.4) is 0 Å². The molecule has 1 unspecified atom stereocenters. The lowest BCUT2D eigenvalue weighted by molar-refractivity contribution is -0.118. The van der Waals surface area contributed by atoms with Crippen LogP contribution in [-0.4, -0.2) is 17.1 Å². The molecule has 2 rings (SSSR count). The van der Waals surface area contributed by atoms with Crippen LogP contribution in [0.15, 0.2) is 61.2 Å². The molecular formula is C17H16N2O3. The van der Waals surface area contributed by atoms with Gasteiger partial charge in [0.15, 0.2) is 0 Å². The molecule has 22 heavy (non-hydrogen) atoms. The van der Waals surface area contributed by atoms with Crippen LogP contribution in [-0.2, 0) is 4.79 Å². The summed E-state index contributed by atoms with van der Waals surface area (Å²) in [4.78, 5) is 23.3. The maximum absolute atomic E-state index is 12.3. The largest absolute Gasteiger partial charge is 0.465 e. The van der Waals surface area contributed by atoms with Crippen LogP contribution in [0.4, 0.5) is 10.5 Å². The predicted octanol–water partition coefficient (Wildman–Crippen LogP) is 3.28. The highest BCUT2D eigenvalue weighted by atomic mass is 16.4. The first-order valence-electron chi connectivity index (χ1n) is 6.68. The van der Waals surface area contributed by atoms with E-state index in [2.05, 4.69) is 17.2 Å². The second-order valence-corrected chi connectivity index (χ2v) is 4.61. The molecule has 0 aromatic heterocycles. The number of benzene rings is 2. The highest BCUT2D eigenvalue weighted by molar-refractivity contribution is 5.97. The van der Waals surface area contributed by atoms with Crippen molar-refractivity contribution in [2.24, 2.45) is 0 Å². The Bertz CT molecular complexity index is 666. The second-order valence-electron chi connectivity index (χ2n) is 4.61. The van der Waals surface area contributed by atoms with E-state index in [1.54, 1.807) is 48.5 Å². The van der Waals surface area contributed by atoms with Crippen LogP contribution < -0.4 is 10.6 Å². The van der Waals surface area contributed by atoms with Gasteiger partial charge in [-0.3, -0.25) is 4.79 Å². The highest BCUT2D eigenvalue weighted by Crippen LogP contribution is 2.17. The molecule has 1 atom stereocenters. The number of amides is 2. The van der Waals surface area contributed by atoms with E-state index in [4.69, 9.17) is 5.11 Å². The van der Waals surface area contributed by atoms with Gasteiger partial charge in [0.05, 0.1) is 0 Å². The second kappa shape index (κ2) is 7.08. The molecule has 2 aromatic carbocycles. The summed E-state index contributed by atoms with van der Waals surface area (Å²) >= 11 is 0. The Kier molecular flexibility index (Phi) is 4.93. The maximum atomic E-state index is 12.3. The van der Waals surface area contributed by atoms with Gasteiger partial charge in [0.1, 0.15) is 6.04 Å². The predicted molar refractivity (Wildman–Crippen MR) is 85.5 cm³/mol. The van der Waals surface area contributed by atoms with Crippen molar-refractivity contribution in [1.29, 1.82) is 0 Å². The van der Waals surface area contributed by atoms with Gasteiger partial charge in [-0.1, -0.05) is 55.1 Å². The summed E-state index contributed by atoms with van der Waals surface area (Å²) in [6, 6.07) is 14.8. The molecule has 0 aliphatic rings. The first-order valence-corrected chi connectivity index (χ1v) is 6.68. The Morgan fingerprint density at radius 3 is 2.23 bits per heavy atom. The fourth-order valence-corrected chi connectivity index (χ4v) is 1.99. The zero-order valence-electron chi connectivity index (χ0n) is 11.8. The molecule has 0 saturated carbocycles.